The van der Waals surface area contributed by atoms with Crippen molar-refractivity contribution in [1.29, 1.82) is 0 Å². The van der Waals surface area contributed by atoms with Crippen molar-refractivity contribution in [1.82, 2.24) is 10.4 Å². The van der Waals surface area contributed by atoms with Crippen molar-refractivity contribution in [2.24, 2.45) is 0 Å². The Morgan fingerprint density at radius 2 is 1.48 bits per heavy atom. The van der Waals surface area contributed by atoms with Crippen LogP contribution in [0.25, 0.3) is 0 Å². The molecule has 1 N–H and O–H groups in total. The Balaban J connectivity index is 2.42. The third-order valence-corrected chi connectivity index (χ3v) is 4.29. The Kier molecular flexibility index (Phi) is 8.05. The number of carbonyl (C=O) groups is 6. The highest BCUT2D eigenvalue weighted by atomic mass is 16.8. The zero-order chi connectivity index (χ0) is 23.3. The standard InChI is InChI=1S/C18H24N2O11/c1-8(21)19-15-17(29-11(4)24)16(28-10(3)23)12(7-27-9(2)22)30-18(15)31-20-13(25)5-6-14(20)26/h12,15-18H,5-7H2,1-4H3,(H,19,21)/t12-,15-,16-,17-,18+/m1/s1. The molecule has 2 saturated heterocycles. The largest absolute Gasteiger partial charge is 0.463 e. The van der Waals surface area contributed by atoms with Gasteiger partial charge in [0.05, 0.1) is 0 Å². The molecule has 2 heterocycles. The van der Waals surface area contributed by atoms with E-state index in [1.54, 1.807) is 0 Å². The number of hydrogen-bond donors (Lipinski definition) is 1. The van der Waals surface area contributed by atoms with Gasteiger partial charge in [-0.2, -0.15) is 5.06 Å². The quantitative estimate of drug-likeness (QED) is 0.283. The summed E-state index contributed by atoms with van der Waals surface area (Å²) in [7, 11) is 0. The SMILES string of the molecule is CC(=O)N[C@H]1[C@H](ON2C(=O)CCC2=O)O[C@H](COC(C)=O)[C@@H](OC(C)=O)[C@@H]1OC(C)=O. The van der Waals surface area contributed by atoms with E-state index in [1.807, 2.05) is 0 Å². The van der Waals surface area contributed by atoms with E-state index in [4.69, 9.17) is 23.8 Å². The van der Waals surface area contributed by atoms with E-state index in [-0.39, 0.29) is 12.8 Å². The van der Waals surface area contributed by atoms with Crippen molar-refractivity contribution in [2.45, 2.75) is 71.2 Å². The van der Waals surface area contributed by atoms with Crippen LogP contribution in [0.1, 0.15) is 40.5 Å². The number of hydrogen-bond acceptors (Lipinski definition) is 11. The van der Waals surface area contributed by atoms with Crippen molar-refractivity contribution in [3.63, 3.8) is 0 Å². The second-order valence-electron chi connectivity index (χ2n) is 6.91. The van der Waals surface area contributed by atoms with Gasteiger partial charge in [-0.15, -0.1) is 0 Å². The van der Waals surface area contributed by atoms with Crippen LogP contribution in [-0.2, 0) is 52.6 Å². The Morgan fingerprint density at radius 3 is 1.97 bits per heavy atom. The number of imide groups is 1. The highest BCUT2D eigenvalue weighted by Crippen LogP contribution is 2.29. The van der Waals surface area contributed by atoms with Crippen molar-refractivity contribution >= 4 is 35.6 Å². The van der Waals surface area contributed by atoms with Gasteiger partial charge in [0.25, 0.3) is 11.8 Å². The Hall–Kier alpha value is -3.06. The maximum Gasteiger partial charge on any atom is 0.303 e. The molecule has 0 radical (unpaired) electrons. The monoisotopic (exact) mass is 444 g/mol. The fourth-order valence-corrected chi connectivity index (χ4v) is 3.16. The van der Waals surface area contributed by atoms with Crippen LogP contribution in [0.3, 0.4) is 0 Å². The summed E-state index contributed by atoms with van der Waals surface area (Å²) >= 11 is 0. The van der Waals surface area contributed by atoms with E-state index in [0.717, 1.165) is 20.8 Å². The number of esters is 3. The molecule has 2 aliphatic rings. The van der Waals surface area contributed by atoms with Crippen LogP contribution >= 0.6 is 0 Å². The van der Waals surface area contributed by atoms with Crippen molar-refractivity contribution in [3.05, 3.63) is 0 Å². The van der Waals surface area contributed by atoms with E-state index >= 15 is 0 Å². The summed E-state index contributed by atoms with van der Waals surface area (Å²) in [6.45, 7) is 4.07. The normalized spacial score (nSPS) is 28.1. The Morgan fingerprint density at radius 1 is 0.935 bits per heavy atom. The molecule has 0 aromatic carbocycles. The number of hydroxylamine groups is 2. The highest BCUT2D eigenvalue weighted by Gasteiger charge is 2.53. The molecule has 0 bridgehead atoms. The fourth-order valence-electron chi connectivity index (χ4n) is 3.16. The van der Waals surface area contributed by atoms with E-state index in [1.165, 1.54) is 6.92 Å². The highest BCUT2D eigenvalue weighted by molar-refractivity contribution is 6.00. The van der Waals surface area contributed by atoms with Crippen molar-refractivity contribution in [2.75, 3.05) is 6.61 Å². The molecular weight excluding hydrogens is 420 g/mol. The van der Waals surface area contributed by atoms with Crippen LogP contribution < -0.4 is 5.32 Å². The van der Waals surface area contributed by atoms with Crippen LogP contribution in [0.4, 0.5) is 0 Å². The van der Waals surface area contributed by atoms with E-state index < -0.39 is 72.9 Å². The molecule has 2 aliphatic heterocycles. The van der Waals surface area contributed by atoms with Gasteiger partial charge < -0.3 is 24.3 Å². The molecule has 0 unspecified atom stereocenters. The summed E-state index contributed by atoms with van der Waals surface area (Å²) < 4.78 is 21.2. The Labute approximate surface area is 177 Å². The first kappa shape index (κ1) is 24.2. The van der Waals surface area contributed by atoms with Gasteiger partial charge in [-0.25, -0.2) is 4.84 Å². The molecule has 31 heavy (non-hydrogen) atoms. The summed E-state index contributed by atoms with van der Waals surface area (Å²) in [5, 5.41) is 2.96. The van der Waals surface area contributed by atoms with Gasteiger partial charge in [-0.05, 0) is 0 Å². The molecule has 0 aliphatic carbocycles. The summed E-state index contributed by atoms with van der Waals surface area (Å²) in [6.07, 6.45) is -5.53. The Bertz CT molecular complexity index is 752. The van der Waals surface area contributed by atoms with Crippen LogP contribution in [0.5, 0.6) is 0 Å². The van der Waals surface area contributed by atoms with Gasteiger partial charge in [0.15, 0.2) is 12.2 Å². The second kappa shape index (κ2) is 10.3. The molecule has 2 fully saturated rings. The van der Waals surface area contributed by atoms with Gasteiger partial charge in [-0.1, -0.05) is 0 Å². The maximum absolute atomic E-state index is 12.0. The molecule has 13 heteroatoms. The predicted octanol–water partition coefficient (Wildman–Crippen LogP) is -1.28. The molecule has 5 atom stereocenters. The summed E-state index contributed by atoms with van der Waals surface area (Å²) in [6, 6.07) is -1.28. The van der Waals surface area contributed by atoms with Crippen LogP contribution in [-0.4, -0.2) is 77.9 Å². The molecule has 0 aromatic rings. The molecule has 172 valence electrons. The van der Waals surface area contributed by atoms with Crippen molar-refractivity contribution < 1.29 is 52.6 Å². The number of rotatable bonds is 7. The third kappa shape index (κ3) is 6.46. The first-order chi connectivity index (χ1) is 14.5. The minimum absolute atomic E-state index is 0.0727. The molecule has 3 amide bonds. The van der Waals surface area contributed by atoms with Gasteiger partial charge >= 0.3 is 17.9 Å². The summed E-state index contributed by atoms with van der Waals surface area (Å²) in [5.41, 5.74) is 0. The zero-order valence-electron chi connectivity index (χ0n) is 17.4. The van der Waals surface area contributed by atoms with E-state index in [9.17, 15) is 28.8 Å². The number of nitrogens with one attached hydrogen (secondary N) is 1. The number of nitrogens with zero attached hydrogens (tertiary/aromatic N) is 1. The lowest BCUT2D eigenvalue weighted by atomic mass is 9.96. The minimum atomic E-state index is -1.52. The van der Waals surface area contributed by atoms with E-state index in [2.05, 4.69) is 5.32 Å². The topological polar surface area (TPSA) is 164 Å². The molecule has 13 nitrogen and oxygen atoms in total. The average Bonchev–Trinajstić information content (AvgIpc) is 2.95. The lowest BCUT2D eigenvalue weighted by molar-refractivity contribution is -0.322. The average molecular weight is 444 g/mol. The summed E-state index contributed by atoms with van der Waals surface area (Å²) in [4.78, 5) is 75.8. The van der Waals surface area contributed by atoms with Gasteiger partial charge in [0.2, 0.25) is 12.2 Å². The van der Waals surface area contributed by atoms with E-state index in [0.29, 0.717) is 5.06 Å². The van der Waals surface area contributed by atoms with Crippen LogP contribution in [0.15, 0.2) is 0 Å². The van der Waals surface area contributed by atoms with Gasteiger partial charge in [0.1, 0.15) is 18.8 Å². The fraction of sp³-hybridized carbons (Fsp3) is 0.667. The lowest BCUT2D eigenvalue weighted by Gasteiger charge is -2.45. The first-order valence-electron chi connectivity index (χ1n) is 9.42. The molecule has 0 saturated carbocycles. The summed E-state index contributed by atoms with van der Waals surface area (Å²) in [5.74, 6) is -4.04. The molecule has 0 spiro atoms. The molecule has 0 aromatic heterocycles. The molecule has 2 rings (SSSR count). The number of carbonyl (C=O) groups excluding carboxylic acids is 6. The van der Waals surface area contributed by atoms with Crippen LogP contribution in [0, 0.1) is 0 Å². The van der Waals surface area contributed by atoms with Gasteiger partial charge in [0, 0.05) is 40.5 Å². The number of ether oxygens (including phenoxy) is 4. The lowest BCUT2D eigenvalue weighted by Crippen LogP contribution is -2.67. The maximum atomic E-state index is 12.0. The van der Waals surface area contributed by atoms with Crippen LogP contribution in [0.2, 0.25) is 0 Å². The van der Waals surface area contributed by atoms with Gasteiger partial charge in [-0.3, -0.25) is 28.8 Å². The third-order valence-electron chi connectivity index (χ3n) is 4.29. The zero-order valence-corrected chi connectivity index (χ0v) is 17.4. The number of amides is 3. The second-order valence-corrected chi connectivity index (χ2v) is 6.91. The predicted molar refractivity (Wildman–Crippen MR) is 96.2 cm³/mol. The smallest absolute Gasteiger partial charge is 0.303 e. The first-order valence-corrected chi connectivity index (χ1v) is 9.42. The minimum Gasteiger partial charge on any atom is -0.463 e. The molecular formula is C18H24N2O11. The van der Waals surface area contributed by atoms with Crippen molar-refractivity contribution in [3.8, 4) is 0 Å².